The third-order valence-electron chi connectivity index (χ3n) is 5.08. The molecule has 25 heavy (non-hydrogen) atoms. The molecular weight excluding hydrogens is 336 g/mol. The molecule has 144 valence electrons. The van der Waals surface area contributed by atoms with Gasteiger partial charge >= 0.3 is 0 Å². The molecule has 1 aliphatic carbocycles. The van der Waals surface area contributed by atoms with Gasteiger partial charge in [0.25, 0.3) is 0 Å². The van der Waals surface area contributed by atoms with Crippen molar-refractivity contribution in [3.05, 3.63) is 12.3 Å². The Morgan fingerprint density at radius 2 is 1.80 bits per heavy atom. The van der Waals surface area contributed by atoms with Crippen LogP contribution in [0, 0.1) is 11.3 Å². The summed E-state index contributed by atoms with van der Waals surface area (Å²) >= 11 is 0. The highest BCUT2D eigenvalue weighted by molar-refractivity contribution is 5.64. The van der Waals surface area contributed by atoms with Crippen LogP contribution in [-0.4, -0.2) is 86.9 Å². The Morgan fingerprint density at radius 1 is 1.08 bits per heavy atom. The number of carbonyl (C=O) groups is 1. The van der Waals surface area contributed by atoms with Crippen molar-refractivity contribution in [2.24, 2.45) is 11.3 Å². The zero-order chi connectivity index (χ0) is 18.6. The number of hydrogen-bond donors (Lipinski definition) is 6. The molecule has 0 aromatic carbocycles. The highest BCUT2D eigenvalue weighted by Gasteiger charge is 2.45. The quantitative estimate of drug-likeness (QED) is 0.225. The second-order valence-electron chi connectivity index (χ2n) is 6.71. The van der Waals surface area contributed by atoms with E-state index in [1.54, 1.807) is 0 Å². The molecule has 9 nitrogen and oxygen atoms in total. The van der Waals surface area contributed by atoms with E-state index in [1.165, 1.54) is 6.08 Å². The summed E-state index contributed by atoms with van der Waals surface area (Å²) in [7, 11) is 0. The van der Waals surface area contributed by atoms with E-state index in [0.717, 1.165) is 6.26 Å². The van der Waals surface area contributed by atoms with Gasteiger partial charge in [-0.25, -0.2) is 0 Å². The largest absolute Gasteiger partial charge is 0.470 e. The number of aliphatic hydroxyl groups excluding tert-OH is 6. The van der Waals surface area contributed by atoms with Gasteiger partial charge in [0.05, 0.1) is 24.4 Å². The van der Waals surface area contributed by atoms with E-state index in [2.05, 4.69) is 0 Å². The van der Waals surface area contributed by atoms with Gasteiger partial charge < -0.3 is 44.9 Å². The number of aliphatic hydroxyl groups is 6. The van der Waals surface area contributed by atoms with Crippen LogP contribution in [0.5, 0.6) is 0 Å². The first-order valence-electron chi connectivity index (χ1n) is 8.27. The Morgan fingerprint density at radius 3 is 2.36 bits per heavy atom. The molecule has 0 radical (unpaired) electrons. The van der Waals surface area contributed by atoms with Crippen LogP contribution in [0.25, 0.3) is 0 Å². The van der Waals surface area contributed by atoms with E-state index in [1.807, 2.05) is 0 Å². The summed E-state index contributed by atoms with van der Waals surface area (Å²) in [6.07, 6.45) is -3.76. The molecule has 9 heteroatoms. The molecule has 0 aromatic heterocycles. The summed E-state index contributed by atoms with van der Waals surface area (Å²) in [5.74, 6) is -0.0668. The Balaban J connectivity index is 2.02. The smallest absolute Gasteiger partial charge is 0.228 e. The van der Waals surface area contributed by atoms with Crippen LogP contribution in [0.1, 0.15) is 19.3 Å². The Hall–Kier alpha value is -1.07. The maximum Gasteiger partial charge on any atom is 0.228 e. The van der Waals surface area contributed by atoms with Crippen molar-refractivity contribution in [2.75, 3.05) is 13.2 Å². The monoisotopic (exact) mass is 362 g/mol. The first kappa shape index (κ1) is 20.2. The minimum absolute atomic E-state index is 0.0585. The van der Waals surface area contributed by atoms with Gasteiger partial charge in [0.2, 0.25) is 6.29 Å². The minimum Gasteiger partial charge on any atom is -0.470 e. The summed E-state index contributed by atoms with van der Waals surface area (Å²) in [5, 5.41) is 57.8. The number of ether oxygens (including phenoxy) is 2. The lowest BCUT2D eigenvalue weighted by Gasteiger charge is -2.40. The van der Waals surface area contributed by atoms with Gasteiger partial charge in [0.15, 0.2) is 0 Å². The summed E-state index contributed by atoms with van der Waals surface area (Å²) in [4.78, 5) is 11.5. The van der Waals surface area contributed by atoms with Crippen molar-refractivity contribution in [3.63, 3.8) is 0 Å². The van der Waals surface area contributed by atoms with Gasteiger partial charge in [-0.15, -0.1) is 0 Å². The van der Waals surface area contributed by atoms with Crippen LogP contribution in [0.4, 0.5) is 0 Å². The molecule has 8 atom stereocenters. The molecule has 0 spiro atoms. The van der Waals surface area contributed by atoms with Gasteiger partial charge in [-0.1, -0.05) is 0 Å². The normalized spacial score (nSPS) is 45.4. The molecule has 0 bridgehead atoms. The molecule has 1 saturated heterocycles. The van der Waals surface area contributed by atoms with Crippen molar-refractivity contribution in [1.29, 1.82) is 0 Å². The average Bonchev–Trinajstić information content (AvgIpc) is 2.63. The lowest BCUT2D eigenvalue weighted by atomic mass is 9.69. The van der Waals surface area contributed by atoms with Crippen LogP contribution in [0.15, 0.2) is 12.3 Å². The van der Waals surface area contributed by atoms with Crippen molar-refractivity contribution in [1.82, 2.24) is 0 Å². The molecule has 1 saturated carbocycles. The van der Waals surface area contributed by atoms with Crippen LogP contribution in [0.2, 0.25) is 0 Å². The number of aldehydes is 1. The molecular formula is C16H26O9. The summed E-state index contributed by atoms with van der Waals surface area (Å²) in [6.45, 7) is -0.634. The number of carbonyl (C=O) groups excluding carboxylic acids is 1. The van der Waals surface area contributed by atoms with Gasteiger partial charge in [-0.2, -0.15) is 0 Å². The second-order valence-corrected chi connectivity index (χ2v) is 6.71. The van der Waals surface area contributed by atoms with Crippen LogP contribution < -0.4 is 0 Å². The third kappa shape index (κ3) is 4.20. The Bertz CT molecular complexity index is 469. The lowest BCUT2D eigenvalue weighted by molar-refractivity contribution is -0.288. The van der Waals surface area contributed by atoms with E-state index >= 15 is 0 Å². The van der Waals surface area contributed by atoms with E-state index in [4.69, 9.17) is 14.6 Å². The molecule has 2 aliphatic rings. The zero-order valence-corrected chi connectivity index (χ0v) is 13.7. The molecule has 1 aliphatic heterocycles. The first-order valence-corrected chi connectivity index (χ1v) is 8.27. The number of rotatable bonds is 6. The predicted molar refractivity (Wildman–Crippen MR) is 82.9 cm³/mol. The summed E-state index contributed by atoms with van der Waals surface area (Å²) in [5.41, 5.74) is -1.17. The topological polar surface area (TPSA) is 157 Å². The van der Waals surface area contributed by atoms with Crippen LogP contribution >= 0.6 is 0 Å². The lowest BCUT2D eigenvalue weighted by Crippen LogP contribution is -2.58. The van der Waals surface area contributed by atoms with Gasteiger partial charge in [-0.05, 0) is 31.3 Å². The SMILES string of the molecule is O=C[C@]1(/C=C\O[C@@H]2O[C@H](CO)[C@@H](O)[C@H](O)[C@H]2O)CC[C@H](CO)C[C@@H]1O. The third-order valence-corrected chi connectivity index (χ3v) is 5.08. The highest BCUT2D eigenvalue weighted by Crippen LogP contribution is 2.39. The van der Waals surface area contributed by atoms with Crippen molar-refractivity contribution in [3.8, 4) is 0 Å². The molecule has 0 aromatic rings. The van der Waals surface area contributed by atoms with E-state index in [-0.39, 0.29) is 18.9 Å². The molecule has 0 unspecified atom stereocenters. The van der Waals surface area contributed by atoms with E-state index in [0.29, 0.717) is 19.1 Å². The standard InChI is InChI=1S/C16H26O9/c17-6-9-1-2-16(8-19,11(20)5-9)3-4-24-15-14(23)13(22)12(21)10(7-18)25-15/h3-4,8-15,17-18,20-23H,1-2,5-7H2/b4-3-/t9-,10+,11-,12+,13-,14+,15+,16+/m0/s1. The second kappa shape index (κ2) is 8.54. The molecule has 0 amide bonds. The van der Waals surface area contributed by atoms with Crippen molar-refractivity contribution in [2.45, 2.75) is 56.1 Å². The fraction of sp³-hybridized carbons (Fsp3) is 0.812. The fourth-order valence-corrected chi connectivity index (χ4v) is 3.23. The average molecular weight is 362 g/mol. The zero-order valence-electron chi connectivity index (χ0n) is 13.7. The summed E-state index contributed by atoms with van der Waals surface area (Å²) in [6, 6.07) is 0. The molecule has 6 N–H and O–H groups in total. The van der Waals surface area contributed by atoms with Gasteiger partial charge in [0.1, 0.15) is 30.7 Å². The Kier molecular flexibility index (Phi) is 6.92. The molecule has 1 heterocycles. The fourth-order valence-electron chi connectivity index (χ4n) is 3.23. The van der Waals surface area contributed by atoms with Crippen LogP contribution in [-0.2, 0) is 14.3 Å². The predicted octanol–water partition coefficient (Wildman–Crippen LogP) is -2.34. The van der Waals surface area contributed by atoms with Crippen molar-refractivity contribution >= 4 is 6.29 Å². The first-order chi connectivity index (χ1) is 11.9. The maximum atomic E-state index is 11.5. The van der Waals surface area contributed by atoms with Crippen molar-refractivity contribution < 1.29 is 44.9 Å². The van der Waals surface area contributed by atoms with Gasteiger partial charge in [0, 0.05) is 6.61 Å². The summed E-state index contributed by atoms with van der Waals surface area (Å²) < 4.78 is 10.4. The van der Waals surface area contributed by atoms with Gasteiger partial charge in [-0.3, -0.25) is 0 Å². The highest BCUT2D eigenvalue weighted by atomic mass is 16.7. The number of hydrogen-bond acceptors (Lipinski definition) is 9. The Labute approximate surface area is 145 Å². The minimum atomic E-state index is -1.56. The maximum absolute atomic E-state index is 11.5. The van der Waals surface area contributed by atoms with E-state index in [9.17, 15) is 30.3 Å². The van der Waals surface area contributed by atoms with Crippen LogP contribution in [0.3, 0.4) is 0 Å². The molecule has 2 rings (SSSR count). The van der Waals surface area contributed by atoms with E-state index < -0.39 is 48.8 Å². The molecule has 2 fully saturated rings.